The van der Waals surface area contributed by atoms with Gasteiger partial charge in [0.15, 0.2) is 0 Å². The molecule has 3 heterocycles. The summed E-state index contributed by atoms with van der Waals surface area (Å²) in [5.74, 6) is 0. The van der Waals surface area contributed by atoms with E-state index >= 15 is 0 Å². The number of fused-ring (bicyclic) bond motifs is 1. The first-order valence-corrected chi connectivity index (χ1v) is 6.43. The third-order valence-electron chi connectivity index (χ3n) is 4.13. The maximum absolute atomic E-state index is 5.99. The van der Waals surface area contributed by atoms with E-state index in [9.17, 15) is 0 Å². The van der Waals surface area contributed by atoms with E-state index in [-0.39, 0.29) is 11.2 Å². The quantitative estimate of drug-likeness (QED) is 0.723. The van der Waals surface area contributed by atoms with Crippen molar-refractivity contribution >= 4 is 23.7 Å². The lowest BCUT2D eigenvalue weighted by molar-refractivity contribution is 0.00578. The van der Waals surface area contributed by atoms with Crippen molar-refractivity contribution in [3.63, 3.8) is 0 Å². The zero-order chi connectivity index (χ0) is 13.8. The molecule has 0 aromatic carbocycles. The van der Waals surface area contributed by atoms with Crippen LogP contribution in [-0.4, -0.2) is 32.9 Å². The topological polar surface area (TPSA) is 49.2 Å². The van der Waals surface area contributed by atoms with Crippen LogP contribution in [0.1, 0.15) is 27.7 Å². The Balaban J connectivity index is 1.98. The summed E-state index contributed by atoms with van der Waals surface area (Å²) in [6, 6.07) is 1.93. The Bertz CT molecular complexity index is 620. The van der Waals surface area contributed by atoms with Gasteiger partial charge in [-0.05, 0) is 33.8 Å². The summed E-state index contributed by atoms with van der Waals surface area (Å²) in [7, 11) is 1.52. The fraction of sp³-hybridized carbons (Fsp3) is 0.538. The predicted octanol–water partition coefficient (Wildman–Crippen LogP) is 1.27. The molecule has 0 aliphatic carbocycles. The molecular weight excluding hydrogens is 241 g/mol. The lowest BCUT2D eigenvalue weighted by Crippen LogP contribution is -2.41. The van der Waals surface area contributed by atoms with Crippen LogP contribution in [0.2, 0.25) is 0 Å². The van der Waals surface area contributed by atoms with Crippen molar-refractivity contribution in [1.29, 1.82) is 0 Å². The van der Waals surface area contributed by atoms with E-state index in [2.05, 4.69) is 9.97 Å². The molecular formula is C13H18BN3O2. The van der Waals surface area contributed by atoms with Crippen molar-refractivity contribution in [1.82, 2.24) is 14.5 Å². The van der Waals surface area contributed by atoms with Crippen molar-refractivity contribution < 1.29 is 9.31 Å². The molecule has 19 heavy (non-hydrogen) atoms. The van der Waals surface area contributed by atoms with Gasteiger partial charge in [0.2, 0.25) is 0 Å². The highest BCUT2D eigenvalue weighted by atomic mass is 16.7. The fourth-order valence-corrected chi connectivity index (χ4v) is 2.13. The van der Waals surface area contributed by atoms with Gasteiger partial charge in [0.1, 0.15) is 0 Å². The summed E-state index contributed by atoms with van der Waals surface area (Å²) in [5, 5.41) is 0. The molecule has 0 unspecified atom stereocenters. The van der Waals surface area contributed by atoms with Crippen LogP contribution < -0.4 is 5.59 Å². The van der Waals surface area contributed by atoms with Crippen molar-refractivity contribution in [3.05, 3.63) is 18.6 Å². The van der Waals surface area contributed by atoms with Crippen LogP contribution in [0.25, 0.3) is 11.0 Å². The van der Waals surface area contributed by atoms with Gasteiger partial charge in [0.25, 0.3) is 0 Å². The second-order valence-electron chi connectivity index (χ2n) is 6.04. The highest BCUT2D eigenvalue weighted by molar-refractivity contribution is 6.61. The van der Waals surface area contributed by atoms with Crippen molar-refractivity contribution in [2.45, 2.75) is 38.9 Å². The second kappa shape index (κ2) is 3.80. The van der Waals surface area contributed by atoms with E-state index in [1.807, 2.05) is 51.6 Å². The molecule has 2 aromatic rings. The third-order valence-corrected chi connectivity index (χ3v) is 4.13. The summed E-state index contributed by atoms with van der Waals surface area (Å²) in [6.07, 6.45) is 3.59. The van der Waals surface area contributed by atoms with E-state index in [1.165, 1.54) is 0 Å². The molecule has 1 aliphatic rings. The Labute approximate surface area is 113 Å². The molecule has 0 spiro atoms. The minimum Gasteiger partial charge on any atom is -0.398 e. The highest BCUT2D eigenvalue weighted by Crippen LogP contribution is 2.36. The zero-order valence-corrected chi connectivity index (χ0v) is 12.0. The van der Waals surface area contributed by atoms with Crippen molar-refractivity contribution in [2.75, 3.05) is 0 Å². The number of nitrogens with zero attached hydrogens (tertiary/aromatic N) is 3. The van der Waals surface area contributed by atoms with Crippen LogP contribution in [0.5, 0.6) is 0 Å². The zero-order valence-electron chi connectivity index (χ0n) is 12.0. The standard InChI is InChI=1S/C13H18BN3O2/c1-12(2)13(3,4)19-14(18-12)11-6-9-10(7-15-11)17(5)8-16-9/h6-8H,1-5H3. The van der Waals surface area contributed by atoms with Crippen LogP contribution in [0, 0.1) is 0 Å². The number of pyridine rings is 1. The summed E-state index contributed by atoms with van der Waals surface area (Å²) in [4.78, 5) is 8.78. The minimum atomic E-state index is -0.434. The van der Waals surface area contributed by atoms with Gasteiger partial charge in [0.05, 0.1) is 40.4 Å². The molecule has 0 N–H and O–H groups in total. The highest BCUT2D eigenvalue weighted by Gasteiger charge is 2.52. The van der Waals surface area contributed by atoms with Gasteiger partial charge in [-0.3, -0.25) is 4.98 Å². The van der Waals surface area contributed by atoms with Gasteiger partial charge in [-0.15, -0.1) is 0 Å². The molecule has 5 nitrogen and oxygen atoms in total. The molecule has 2 aromatic heterocycles. The third kappa shape index (κ3) is 1.86. The first-order valence-electron chi connectivity index (χ1n) is 6.43. The maximum atomic E-state index is 5.99. The number of hydrogen-bond acceptors (Lipinski definition) is 4. The van der Waals surface area contributed by atoms with E-state index in [0.717, 1.165) is 16.6 Å². The summed E-state index contributed by atoms with van der Waals surface area (Å²) in [6.45, 7) is 8.14. The average molecular weight is 259 g/mol. The van der Waals surface area contributed by atoms with Crippen LogP contribution in [0.4, 0.5) is 0 Å². The van der Waals surface area contributed by atoms with Crippen LogP contribution in [-0.2, 0) is 16.4 Å². The van der Waals surface area contributed by atoms with Crippen LogP contribution in [0.15, 0.2) is 18.6 Å². The molecule has 1 aliphatic heterocycles. The Hall–Kier alpha value is -1.40. The first kappa shape index (κ1) is 12.6. The van der Waals surface area contributed by atoms with Gasteiger partial charge >= 0.3 is 7.12 Å². The van der Waals surface area contributed by atoms with Gasteiger partial charge in [-0.1, -0.05) is 0 Å². The van der Waals surface area contributed by atoms with Crippen molar-refractivity contribution in [2.24, 2.45) is 7.05 Å². The molecule has 1 saturated heterocycles. The molecule has 0 saturated carbocycles. The summed E-state index contributed by atoms with van der Waals surface area (Å²) < 4.78 is 13.9. The van der Waals surface area contributed by atoms with Gasteiger partial charge in [-0.2, -0.15) is 0 Å². The normalized spacial score (nSPS) is 21.2. The first-order chi connectivity index (χ1) is 8.80. The minimum absolute atomic E-state index is 0.349. The fourth-order valence-electron chi connectivity index (χ4n) is 2.13. The molecule has 6 heteroatoms. The Kier molecular flexibility index (Phi) is 2.53. The smallest absolute Gasteiger partial charge is 0.398 e. The number of aryl methyl sites for hydroxylation is 1. The van der Waals surface area contributed by atoms with Crippen LogP contribution in [0.3, 0.4) is 0 Å². The lowest BCUT2D eigenvalue weighted by atomic mass is 9.84. The maximum Gasteiger partial charge on any atom is 0.514 e. The Morgan fingerprint density at radius 2 is 1.74 bits per heavy atom. The van der Waals surface area contributed by atoms with Gasteiger partial charge < -0.3 is 13.9 Å². The monoisotopic (exact) mass is 259 g/mol. The molecule has 3 rings (SSSR count). The van der Waals surface area contributed by atoms with Gasteiger partial charge in [0, 0.05) is 7.05 Å². The average Bonchev–Trinajstić information content (AvgIpc) is 2.78. The second-order valence-corrected chi connectivity index (χ2v) is 6.04. The molecule has 0 bridgehead atoms. The van der Waals surface area contributed by atoms with Crippen molar-refractivity contribution in [3.8, 4) is 0 Å². The van der Waals surface area contributed by atoms with Gasteiger partial charge in [-0.25, -0.2) is 4.98 Å². The molecule has 100 valence electrons. The largest absolute Gasteiger partial charge is 0.514 e. The number of hydrogen-bond donors (Lipinski definition) is 0. The van der Waals surface area contributed by atoms with E-state index in [1.54, 1.807) is 6.33 Å². The summed E-state index contributed by atoms with van der Waals surface area (Å²) >= 11 is 0. The van der Waals surface area contributed by atoms with E-state index in [4.69, 9.17) is 9.31 Å². The number of rotatable bonds is 1. The predicted molar refractivity (Wildman–Crippen MR) is 74.2 cm³/mol. The number of aromatic nitrogens is 3. The lowest BCUT2D eigenvalue weighted by Gasteiger charge is -2.32. The Morgan fingerprint density at radius 3 is 2.37 bits per heavy atom. The number of imidazole rings is 1. The molecule has 1 fully saturated rings. The SMILES string of the molecule is Cn1cnc2cc(B3OC(C)(C)C(C)(C)O3)ncc21. The van der Waals surface area contributed by atoms with E-state index in [0.29, 0.717) is 0 Å². The molecule has 0 amide bonds. The Morgan fingerprint density at radius 1 is 1.11 bits per heavy atom. The van der Waals surface area contributed by atoms with E-state index < -0.39 is 7.12 Å². The summed E-state index contributed by atoms with van der Waals surface area (Å²) in [5.41, 5.74) is 1.98. The molecule has 0 radical (unpaired) electrons. The molecule has 0 atom stereocenters. The van der Waals surface area contributed by atoms with Crippen LogP contribution >= 0.6 is 0 Å².